The van der Waals surface area contributed by atoms with E-state index >= 15 is 0 Å². The number of nitrogens with zero attached hydrogens (tertiary/aromatic N) is 1. The van der Waals surface area contributed by atoms with Gasteiger partial charge in [-0.25, -0.2) is 0 Å². The lowest BCUT2D eigenvalue weighted by Crippen LogP contribution is -2.45. The van der Waals surface area contributed by atoms with Gasteiger partial charge < -0.3 is 19.4 Å². The number of hydrogen-bond donors (Lipinski definition) is 1. The van der Waals surface area contributed by atoms with Gasteiger partial charge in [0.1, 0.15) is 6.10 Å². The topological polar surface area (TPSA) is 54.6 Å². The first-order valence-electron chi connectivity index (χ1n) is 10.1. The predicted octanol–water partition coefficient (Wildman–Crippen LogP) is 4.52. The molecule has 0 bridgehead atoms. The third-order valence-corrected chi connectivity index (χ3v) is 5.21. The molecule has 1 aromatic carbocycles. The van der Waals surface area contributed by atoms with Crippen molar-refractivity contribution >= 4 is 22.5 Å². The Labute approximate surface area is 162 Å². The Morgan fingerprint density at radius 3 is 2.81 bits per heavy atom. The van der Waals surface area contributed by atoms with Gasteiger partial charge in [0.05, 0.1) is 12.7 Å². The summed E-state index contributed by atoms with van der Waals surface area (Å²) in [7, 11) is 0. The Bertz CT molecular complexity index is 749. The maximum atomic E-state index is 13.3. The molecule has 0 radical (unpaired) electrons. The number of fused-ring (bicyclic) bond motifs is 1. The van der Waals surface area contributed by atoms with Crippen LogP contribution in [0.4, 0.5) is 5.69 Å². The second-order valence-electron chi connectivity index (χ2n) is 8.05. The summed E-state index contributed by atoms with van der Waals surface area (Å²) in [5.74, 6) is 0.519. The third-order valence-electron chi connectivity index (χ3n) is 5.21. The predicted molar refractivity (Wildman–Crippen MR) is 109 cm³/mol. The van der Waals surface area contributed by atoms with Crippen LogP contribution in [-0.4, -0.2) is 42.4 Å². The molecule has 3 atom stereocenters. The monoisotopic (exact) mass is 372 g/mol. The van der Waals surface area contributed by atoms with Gasteiger partial charge in [-0.15, -0.1) is 0 Å². The van der Waals surface area contributed by atoms with Crippen molar-refractivity contribution < 1.29 is 14.3 Å². The van der Waals surface area contributed by atoms with Crippen molar-refractivity contribution in [3.63, 3.8) is 0 Å². The smallest absolute Gasteiger partial charge is 0.256 e. The molecule has 0 aliphatic carbocycles. The van der Waals surface area contributed by atoms with Crippen molar-refractivity contribution in [2.45, 2.75) is 65.2 Å². The average Bonchev–Trinajstić information content (AvgIpc) is 3.30. The molecule has 1 amide bonds. The minimum absolute atomic E-state index is 0.0102. The zero-order valence-corrected chi connectivity index (χ0v) is 16.9. The van der Waals surface area contributed by atoms with Crippen LogP contribution in [0.25, 0.3) is 10.9 Å². The molecule has 148 valence electrons. The summed E-state index contributed by atoms with van der Waals surface area (Å²) in [6.45, 7) is 9.62. The largest absolute Gasteiger partial charge is 0.376 e. The number of nitrogens with one attached hydrogen (secondary N) is 1. The number of aromatic amines is 1. The maximum absolute atomic E-state index is 13.3. The van der Waals surface area contributed by atoms with Gasteiger partial charge in [0.2, 0.25) is 0 Å². The summed E-state index contributed by atoms with van der Waals surface area (Å²) in [5, 5.41) is 1.11. The molecule has 1 N–H and O–H groups in total. The van der Waals surface area contributed by atoms with Crippen molar-refractivity contribution in [1.29, 1.82) is 0 Å². The van der Waals surface area contributed by atoms with E-state index in [0.717, 1.165) is 42.5 Å². The number of rotatable bonds is 8. The van der Waals surface area contributed by atoms with Gasteiger partial charge >= 0.3 is 0 Å². The molecule has 5 heteroatoms. The summed E-state index contributed by atoms with van der Waals surface area (Å²) < 4.78 is 11.5. The minimum atomic E-state index is -0.495. The fraction of sp³-hybridized carbons (Fsp3) is 0.591. The van der Waals surface area contributed by atoms with Crippen LogP contribution in [0.2, 0.25) is 0 Å². The quantitative estimate of drug-likeness (QED) is 0.741. The molecule has 1 fully saturated rings. The maximum Gasteiger partial charge on any atom is 0.256 e. The average molecular weight is 373 g/mol. The van der Waals surface area contributed by atoms with Gasteiger partial charge in [0, 0.05) is 35.4 Å². The van der Waals surface area contributed by atoms with Crippen LogP contribution >= 0.6 is 0 Å². The second kappa shape index (κ2) is 8.89. The zero-order valence-electron chi connectivity index (χ0n) is 16.9. The molecule has 3 rings (SSSR count). The van der Waals surface area contributed by atoms with Crippen LogP contribution < -0.4 is 4.90 Å². The molecule has 1 aromatic heterocycles. The highest BCUT2D eigenvalue weighted by atomic mass is 16.5. The van der Waals surface area contributed by atoms with Crippen molar-refractivity contribution in [3.05, 3.63) is 30.5 Å². The zero-order chi connectivity index (χ0) is 19.4. The Morgan fingerprint density at radius 1 is 1.30 bits per heavy atom. The van der Waals surface area contributed by atoms with Gasteiger partial charge in [-0.1, -0.05) is 13.8 Å². The lowest BCUT2D eigenvalue weighted by Gasteiger charge is -2.33. The molecular weight excluding hydrogens is 340 g/mol. The number of hydrogen-bond acceptors (Lipinski definition) is 3. The van der Waals surface area contributed by atoms with Gasteiger partial charge in [-0.2, -0.15) is 0 Å². The molecule has 1 saturated heterocycles. The molecular formula is C22H32N2O3. The summed E-state index contributed by atoms with van der Waals surface area (Å²) >= 11 is 0. The third kappa shape index (κ3) is 4.90. The second-order valence-corrected chi connectivity index (χ2v) is 8.05. The summed E-state index contributed by atoms with van der Waals surface area (Å²) in [5.41, 5.74) is 2.00. The number of amides is 1. The van der Waals surface area contributed by atoms with E-state index in [9.17, 15) is 4.79 Å². The van der Waals surface area contributed by atoms with Crippen molar-refractivity contribution in [2.24, 2.45) is 5.92 Å². The van der Waals surface area contributed by atoms with Crippen LogP contribution in [0.5, 0.6) is 0 Å². The molecule has 27 heavy (non-hydrogen) atoms. The van der Waals surface area contributed by atoms with E-state index in [2.05, 4.69) is 31.8 Å². The van der Waals surface area contributed by atoms with E-state index in [1.807, 2.05) is 36.2 Å². The summed E-state index contributed by atoms with van der Waals surface area (Å²) in [6, 6.07) is 8.26. The van der Waals surface area contributed by atoms with Gasteiger partial charge in [-0.3, -0.25) is 4.79 Å². The highest BCUT2D eigenvalue weighted by molar-refractivity contribution is 5.98. The summed E-state index contributed by atoms with van der Waals surface area (Å²) in [6.07, 6.45) is 4.58. The fourth-order valence-corrected chi connectivity index (χ4v) is 3.87. The lowest BCUT2D eigenvalue weighted by molar-refractivity contribution is -0.131. The van der Waals surface area contributed by atoms with E-state index in [0.29, 0.717) is 12.5 Å². The number of carbonyl (C=O) groups is 1. The Kier molecular flexibility index (Phi) is 6.55. The Hall–Kier alpha value is -1.85. The van der Waals surface area contributed by atoms with Crippen molar-refractivity contribution in [3.8, 4) is 0 Å². The van der Waals surface area contributed by atoms with Gasteiger partial charge in [0.25, 0.3) is 5.91 Å². The molecule has 1 aliphatic heterocycles. The Balaban J connectivity index is 1.78. The van der Waals surface area contributed by atoms with Crippen LogP contribution in [0.15, 0.2) is 30.5 Å². The van der Waals surface area contributed by atoms with E-state index in [1.54, 1.807) is 0 Å². The van der Waals surface area contributed by atoms with Crippen LogP contribution in [-0.2, 0) is 14.3 Å². The van der Waals surface area contributed by atoms with E-state index < -0.39 is 6.10 Å². The van der Waals surface area contributed by atoms with E-state index in [1.165, 1.54) is 0 Å². The van der Waals surface area contributed by atoms with Crippen LogP contribution in [0.3, 0.4) is 0 Å². The van der Waals surface area contributed by atoms with E-state index in [-0.39, 0.29) is 18.1 Å². The normalized spacial score (nSPS) is 19.5. The van der Waals surface area contributed by atoms with Crippen LogP contribution in [0.1, 0.15) is 47.0 Å². The standard InChI is InChI=1S/C22H32N2O3/c1-15(2)12-16(3)24(19-7-8-21-18(13-19)9-10-23-21)22(25)17(4)27-14-20-6-5-11-26-20/h7-10,13,15-17,20,23H,5-6,11-12,14H2,1-4H3. The molecule has 2 aromatic rings. The van der Waals surface area contributed by atoms with E-state index in [4.69, 9.17) is 9.47 Å². The Morgan fingerprint density at radius 2 is 2.11 bits per heavy atom. The molecule has 3 unspecified atom stereocenters. The van der Waals surface area contributed by atoms with Gasteiger partial charge in [0.15, 0.2) is 0 Å². The van der Waals surface area contributed by atoms with Crippen LogP contribution in [0, 0.1) is 5.92 Å². The number of anilines is 1. The molecule has 0 saturated carbocycles. The fourth-order valence-electron chi connectivity index (χ4n) is 3.87. The molecule has 0 spiro atoms. The van der Waals surface area contributed by atoms with Gasteiger partial charge in [-0.05, 0) is 63.3 Å². The first-order chi connectivity index (χ1) is 13.0. The van der Waals surface area contributed by atoms with Crippen molar-refractivity contribution in [2.75, 3.05) is 18.1 Å². The molecule has 2 heterocycles. The number of aromatic nitrogens is 1. The first-order valence-corrected chi connectivity index (χ1v) is 10.1. The SMILES string of the molecule is CC(C)CC(C)N(C(=O)C(C)OCC1CCCO1)c1ccc2[nH]ccc2c1. The molecule has 1 aliphatic rings. The molecule has 5 nitrogen and oxygen atoms in total. The number of carbonyl (C=O) groups excluding carboxylic acids is 1. The number of H-pyrrole nitrogens is 1. The van der Waals surface area contributed by atoms with Crippen molar-refractivity contribution in [1.82, 2.24) is 4.98 Å². The highest BCUT2D eigenvalue weighted by Gasteiger charge is 2.28. The highest BCUT2D eigenvalue weighted by Crippen LogP contribution is 2.26. The lowest BCUT2D eigenvalue weighted by atomic mass is 10.0. The first kappa shape index (κ1) is 19.9. The number of benzene rings is 1. The number of ether oxygens (including phenoxy) is 2. The summed E-state index contributed by atoms with van der Waals surface area (Å²) in [4.78, 5) is 18.4. The minimum Gasteiger partial charge on any atom is -0.376 e.